The second-order valence-corrected chi connectivity index (χ2v) is 4.78. The van der Waals surface area contributed by atoms with Gasteiger partial charge >= 0.3 is 0 Å². The number of halogens is 2. The molecule has 1 aliphatic rings. The number of nitrogens with two attached hydrogens (primary N) is 1. The average molecular weight is 307 g/mol. The summed E-state index contributed by atoms with van der Waals surface area (Å²) in [7, 11) is 0. The zero-order chi connectivity index (χ0) is 13.1. The van der Waals surface area contributed by atoms with Crippen molar-refractivity contribution in [2.45, 2.75) is 31.8 Å². The molecule has 0 aromatic carbocycles. The number of nitrogens with one attached hydrogen (secondary N) is 1. The number of rotatable bonds is 5. The van der Waals surface area contributed by atoms with E-state index in [2.05, 4.69) is 15.5 Å². The maximum atomic E-state index is 11.9. The summed E-state index contributed by atoms with van der Waals surface area (Å²) >= 11 is 5.84. The van der Waals surface area contributed by atoms with Gasteiger partial charge in [-0.15, -0.1) is 22.6 Å². The van der Waals surface area contributed by atoms with Crippen LogP contribution in [0.2, 0.25) is 5.15 Å². The fourth-order valence-electron chi connectivity index (χ4n) is 1.30. The lowest BCUT2D eigenvalue weighted by molar-refractivity contribution is 0.0950. The molecule has 1 saturated carbocycles. The molecule has 3 N–H and O–H groups in total. The summed E-state index contributed by atoms with van der Waals surface area (Å²) in [5.41, 5.74) is 5.84. The van der Waals surface area contributed by atoms with Gasteiger partial charge in [-0.3, -0.25) is 4.79 Å². The van der Waals surface area contributed by atoms with Gasteiger partial charge in [-0.25, -0.2) is 0 Å². The average Bonchev–Trinajstić information content (AvgIpc) is 3.11. The number of amides is 1. The predicted molar refractivity (Wildman–Crippen MR) is 73.9 cm³/mol. The molecule has 19 heavy (non-hydrogen) atoms. The van der Waals surface area contributed by atoms with E-state index < -0.39 is 0 Å². The SMILES string of the molecule is CC(N)COc1cc(C(=O)NC2CC2)c(Cl)nn1.Cl. The first-order chi connectivity index (χ1) is 8.56. The fraction of sp³-hybridized carbons (Fsp3) is 0.545. The van der Waals surface area contributed by atoms with Crippen LogP contribution in [0.15, 0.2) is 6.07 Å². The van der Waals surface area contributed by atoms with Crippen LogP contribution in [0, 0.1) is 0 Å². The first-order valence-corrected chi connectivity index (χ1v) is 6.16. The van der Waals surface area contributed by atoms with Crippen molar-refractivity contribution in [1.82, 2.24) is 15.5 Å². The zero-order valence-corrected chi connectivity index (χ0v) is 12.0. The summed E-state index contributed by atoms with van der Waals surface area (Å²) in [6.07, 6.45) is 2.02. The van der Waals surface area contributed by atoms with Crippen LogP contribution >= 0.6 is 24.0 Å². The molecular formula is C11H16Cl2N4O2. The van der Waals surface area contributed by atoms with Gasteiger partial charge in [0.05, 0.1) is 5.56 Å². The summed E-state index contributed by atoms with van der Waals surface area (Å²) in [5, 5.41) is 10.3. The van der Waals surface area contributed by atoms with Crippen molar-refractivity contribution in [3.63, 3.8) is 0 Å². The topological polar surface area (TPSA) is 90.1 Å². The van der Waals surface area contributed by atoms with Gasteiger partial charge in [0.15, 0.2) is 5.15 Å². The van der Waals surface area contributed by atoms with Gasteiger partial charge in [0.25, 0.3) is 5.91 Å². The second kappa shape index (κ2) is 6.88. The number of carbonyl (C=O) groups is 1. The van der Waals surface area contributed by atoms with E-state index in [4.69, 9.17) is 22.1 Å². The van der Waals surface area contributed by atoms with Crippen LogP contribution in [-0.4, -0.2) is 34.8 Å². The number of hydrogen-bond acceptors (Lipinski definition) is 5. The Kier molecular flexibility index (Phi) is 5.78. The zero-order valence-electron chi connectivity index (χ0n) is 10.4. The number of hydrogen-bond donors (Lipinski definition) is 2. The van der Waals surface area contributed by atoms with Crippen molar-refractivity contribution in [1.29, 1.82) is 0 Å². The van der Waals surface area contributed by atoms with E-state index in [-0.39, 0.29) is 47.0 Å². The molecule has 6 nitrogen and oxygen atoms in total. The van der Waals surface area contributed by atoms with Crippen LogP contribution in [0.25, 0.3) is 0 Å². The van der Waals surface area contributed by atoms with Crippen molar-refractivity contribution < 1.29 is 9.53 Å². The quantitative estimate of drug-likeness (QED) is 0.852. The van der Waals surface area contributed by atoms with Crippen molar-refractivity contribution in [3.8, 4) is 5.88 Å². The smallest absolute Gasteiger partial charge is 0.254 e. The third-order valence-corrected chi connectivity index (χ3v) is 2.66. The minimum atomic E-state index is -0.247. The molecule has 0 saturated heterocycles. The van der Waals surface area contributed by atoms with Crippen LogP contribution in [0.1, 0.15) is 30.1 Å². The normalized spacial score (nSPS) is 15.3. The van der Waals surface area contributed by atoms with Crippen molar-refractivity contribution >= 4 is 29.9 Å². The summed E-state index contributed by atoms with van der Waals surface area (Å²) in [6.45, 7) is 2.12. The third-order valence-electron chi connectivity index (χ3n) is 2.38. The van der Waals surface area contributed by atoms with Crippen LogP contribution in [-0.2, 0) is 0 Å². The van der Waals surface area contributed by atoms with Crippen molar-refractivity contribution in [2.24, 2.45) is 5.73 Å². The molecule has 1 aliphatic carbocycles. The van der Waals surface area contributed by atoms with E-state index in [1.807, 2.05) is 6.92 Å². The molecule has 1 amide bonds. The minimum absolute atomic E-state index is 0. The molecule has 1 aromatic rings. The lowest BCUT2D eigenvalue weighted by Crippen LogP contribution is -2.27. The van der Waals surface area contributed by atoms with Crippen molar-refractivity contribution in [3.05, 3.63) is 16.8 Å². The predicted octanol–water partition coefficient (Wildman–Crippen LogP) is 1.17. The van der Waals surface area contributed by atoms with Crippen molar-refractivity contribution in [2.75, 3.05) is 6.61 Å². The molecule has 2 rings (SSSR count). The Morgan fingerprint density at radius 1 is 1.63 bits per heavy atom. The standard InChI is InChI=1S/C11H15ClN4O2.ClH/c1-6(13)5-18-9-4-8(10(12)16-15-9)11(17)14-7-2-3-7;/h4,6-7H,2-3,5,13H2,1H3,(H,14,17);1H. The highest BCUT2D eigenvalue weighted by Gasteiger charge is 2.25. The molecule has 1 heterocycles. The maximum Gasteiger partial charge on any atom is 0.254 e. The molecular weight excluding hydrogens is 291 g/mol. The van der Waals surface area contributed by atoms with Crippen LogP contribution in [0.3, 0.4) is 0 Å². The molecule has 106 valence electrons. The van der Waals surface area contributed by atoms with Gasteiger partial charge in [0.1, 0.15) is 6.61 Å². The largest absolute Gasteiger partial charge is 0.475 e. The Morgan fingerprint density at radius 2 is 2.32 bits per heavy atom. The molecule has 1 aromatic heterocycles. The highest BCUT2D eigenvalue weighted by atomic mass is 35.5. The fourth-order valence-corrected chi connectivity index (χ4v) is 1.47. The molecule has 0 radical (unpaired) electrons. The Bertz CT molecular complexity index is 452. The number of ether oxygens (including phenoxy) is 1. The summed E-state index contributed by atoms with van der Waals surface area (Å²) < 4.78 is 5.30. The lowest BCUT2D eigenvalue weighted by Gasteiger charge is -2.09. The summed E-state index contributed by atoms with van der Waals surface area (Å²) in [5.74, 6) is 0.000642. The lowest BCUT2D eigenvalue weighted by atomic mass is 10.3. The highest BCUT2D eigenvalue weighted by molar-refractivity contribution is 6.32. The molecule has 1 fully saturated rings. The number of carbonyl (C=O) groups excluding carboxylic acids is 1. The Hall–Kier alpha value is -1.11. The molecule has 0 bridgehead atoms. The molecule has 1 atom stereocenters. The Labute approximate surface area is 122 Å². The molecule has 8 heteroatoms. The molecule has 0 aliphatic heterocycles. The van der Waals surface area contributed by atoms with Gasteiger partial charge in [-0.1, -0.05) is 11.6 Å². The second-order valence-electron chi connectivity index (χ2n) is 4.42. The monoisotopic (exact) mass is 306 g/mol. The van der Waals surface area contributed by atoms with E-state index in [9.17, 15) is 4.79 Å². The van der Waals surface area contributed by atoms with Gasteiger partial charge < -0.3 is 15.8 Å². The van der Waals surface area contributed by atoms with Gasteiger partial charge in [0.2, 0.25) is 5.88 Å². The number of nitrogens with zero attached hydrogens (tertiary/aromatic N) is 2. The third kappa shape index (κ3) is 4.81. The van der Waals surface area contributed by atoms with E-state index >= 15 is 0 Å². The van der Waals surface area contributed by atoms with Gasteiger partial charge in [-0.05, 0) is 19.8 Å². The summed E-state index contributed by atoms with van der Waals surface area (Å²) in [4.78, 5) is 11.9. The van der Waals surface area contributed by atoms with Crippen LogP contribution in [0.4, 0.5) is 0 Å². The van der Waals surface area contributed by atoms with Gasteiger partial charge in [0, 0.05) is 18.2 Å². The summed E-state index contributed by atoms with van der Waals surface area (Å²) in [6, 6.07) is 1.62. The first kappa shape index (κ1) is 15.9. The van der Waals surface area contributed by atoms with E-state index in [1.54, 1.807) is 0 Å². The van der Waals surface area contributed by atoms with E-state index in [0.717, 1.165) is 12.8 Å². The number of aromatic nitrogens is 2. The minimum Gasteiger partial charge on any atom is -0.475 e. The van der Waals surface area contributed by atoms with Crippen LogP contribution in [0.5, 0.6) is 5.88 Å². The molecule has 0 spiro atoms. The Balaban J connectivity index is 0.00000180. The Morgan fingerprint density at radius 3 is 2.89 bits per heavy atom. The first-order valence-electron chi connectivity index (χ1n) is 5.78. The van der Waals surface area contributed by atoms with Gasteiger partial charge in [-0.2, -0.15) is 0 Å². The highest BCUT2D eigenvalue weighted by Crippen LogP contribution is 2.22. The maximum absolute atomic E-state index is 11.9. The van der Waals surface area contributed by atoms with Crippen LogP contribution < -0.4 is 15.8 Å². The molecule has 1 unspecified atom stereocenters. The van der Waals surface area contributed by atoms with E-state index in [0.29, 0.717) is 6.61 Å². The van der Waals surface area contributed by atoms with E-state index in [1.165, 1.54) is 6.07 Å².